The van der Waals surface area contributed by atoms with Gasteiger partial charge in [-0.15, -0.1) is 34.2 Å². The minimum Gasteiger partial charge on any atom is -0.486 e. The normalized spacial score (nSPS) is 14.5. The minimum absolute atomic E-state index is 0. The van der Waals surface area contributed by atoms with Gasteiger partial charge in [-0.05, 0) is 42.2 Å². The van der Waals surface area contributed by atoms with E-state index in [1.54, 1.807) is 6.33 Å². The second kappa shape index (κ2) is 11.5. The molecule has 0 saturated carbocycles. The molecule has 0 bridgehead atoms. The molecular weight excluding hydrogens is 543 g/mol. The Hall–Kier alpha value is -2.82. The number of hydrogen-bond acceptors (Lipinski definition) is 5. The number of aryl methyl sites for hydroxylation is 1. The highest BCUT2D eigenvalue weighted by Crippen LogP contribution is 2.31. The number of aliphatic imine (C=N–C) groups is 1. The van der Waals surface area contributed by atoms with Crippen LogP contribution in [-0.2, 0) is 25.8 Å². The van der Waals surface area contributed by atoms with E-state index in [0.717, 1.165) is 62.2 Å². The van der Waals surface area contributed by atoms with Crippen molar-refractivity contribution in [2.45, 2.75) is 32.7 Å². The van der Waals surface area contributed by atoms with E-state index < -0.39 is 0 Å². The van der Waals surface area contributed by atoms with Gasteiger partial charge in [0.1, 0.15) is 25.4 Å². The summed E-state index contributed by atoms with van der Waals surface area (Å²) >= 11 is 0. The van der Waals surface area contributed by atoms with E-state index in [1.807, 2.05) is 6.07 Å². The number of ether oxygens (including phenoxy) is 2. The van der Waals surface area contributed by atoms with Gasteiger partial charge in [0.25, 0.3) is 0 Å². The number of hydrogen-bond donors (Lipinski definition) is 1. The van der Waals surface area contributed by atoms with Gasteiger partial charge in [-0.3, -0.25) is 4.99 Å². The number of nitrogens with zero attached hydrogens (tertiary/aromatic N) is 5. The number of guanidine groups is 1. The fourth-order valence-electron chi connectivity index (χ4n) is 4.36. The molecule has 0 atom stereocenters. The fourth-order valence-corrected chi connectivity index (χ4v) is 4.36. The molecule has 0 radical (unpaired) electrons. The molecule has 5 rings (SSSR count). The van der Waals surface area contributed by atoms with Crippen LogP contribution in [-0.4, -0.2) is 53.6 Å². The topological polar surface area (TPSA) is 76.8 Å². The summed E-state index contributed by atoms with van der Waals surface area (Å²) in [6.45, 7) is 6.48. The summed E-state index contributed by atoms with van der Waals surface area (Å²) in [5.74, 6) is 3.57. The molecule has 8 nitrogen and oxygen atoms in total. The zero-order valence-electron chi connectivity index (χ0n) is 19.4. The SMILES string of the molecule is CCc1nncn1CCNC(=NCCc1ccc2c(c1)OCCO2)N1CCc2ccccc21.I. The zero-order chi connectivity index (χ0) is 22.5. The molecule has 3 aromatic rings. The van der Waals surface area contributed by atoms with Gasteiger partial charge in [-0.25, -0.2) is 0 Å². The lowest BCUT2D eigenvalue weighted by molar-refractivity contribution is 0.171. The fraction of sp³-hybridized carbons (Fsp3) is 0.400. The molecule has 0 amide bonds. The maximum absolute atomic E-state index is 5.73. The second-order valence-corrected chi connectivity index (χ2v) is 8.18. The van der Waals surface area contributed by atoms with Crippen molar-refractivity contribution < 1.29 is 9.47 Å². The number of para-hydroxylation sites is 1. The molecule has 2 aromatic carbocycles. The molecule has 34 heavy (non-hydrogen) atoms. The molecule has 0 spiro atoms. The van der Waals surface area contributed by atoms with Crippen LogP contribution in [0.4, 0.5) is 5.69 Å². The monoisotopic (exact) mass is 574 g/mol. The molecule has 9 heteroatoms. The number of rotatable bonds is 7. The third-order valence-electron chi connectivity index (χ3n) is 6.06. The molecule has 2 aliphatic rings. The quantitative estimate of drug-likeness (QED) is 0.265. The number of halogens is 1. The lowest BCUT2D eigenvalue weighted by Gasteiger charge is -2.23. The van der Waals surface area contributed by atoms with Crippen LogP contribution >= 0.6 is 24.0 Å². The molecular formula is C25H31IN6O2. The summed E-state index contributed by atoms with van der Waals surface area (Å²) < 4.78 is 13.5. The van der Waals surface area contributed by atoms with Crippen LogP contribution in [0.3, 0.4) is 0 Å². The van der Waals surface area contributed by atoms with E-state index >= 15 is 0 Å². The van der Waals surface area contributed by atoms with Gasteiger partial charge in [-0.1, -0.05) is 31.2 Å². The number of anilines is 1. The Bertz CT molecular complexity index is 1130. The van der Waals surface area contributed by atoms with Crippen LogP contribution in [0, 0.1) is 0 Å². The molecule has 0 saturated heterocycles. The third-order valence-corrected chi connectivity index (χ3v) is 6.06. The van der Waals surface area contributed by atoms with Gasteiger partial charge in [0.2, 0.25) is 0 Å². The van der Waals surface area contributed by atoms with Crippen LogP contribution < -0.4 is 19.7 Å². The molecule has 3 heterocycles. The van der Waals surface area contributed by atoms with Crippen LogP contribution in [0.15, 0.2) is 53.8 Å². The van der Waals surface area contributed by atoms with Crippen molar-refractivity contribution in [1.29, 1.82) is 0 Å². The predicted molar refractivity (Wildman–Crippen MR) is 144 cm³/mol. The van der Waals surface area contributed by atoms with E-state index in [1.165, 1.54) is 16.8 Å². The zero-order valence-corrected chi connectivity index (χ0v) is 21.8. The summed E-state index contributed by atoms with van der Waals surface area (Å²) in [4.78, 5) is 7.29. The van der Waals surface area contributed by atoms with Crippen molar-refractivity contribution in [2.75, 3.05) is 37.7 Å². The molecule has 1 N–H and O–H groups in total. The summed E-state index contributed by atoms with van der Waals surface area (Å²) in [5.41, 5.74) is 3.80. The van der Waals surface area contributed by atoms with Gasteiger partial charge in [0.15, 0.2) is 17.5 Å². The number of nitrogens with one attached hydrogen (secondary N) is 1. The number of aromatic nitrogens is 3. The molecule has 0 fully saturated rings. The summed E-state index contributed by atoms with van der Waals surface area (Å²) in [5, 5.41) is 11.8. The number of benzene rings is 2. The van der Waals surface area contributed by atoms with Gasteiger partial charge >= 0.3 is 0 Å². The van der Waals surface area contributed by atoms with Gasteiger partial charge in [0, 0.05) is 38.3 Å². The van der Waals surface area contributed by atoms with Crippen molar-refractivity contribution >= 4 is 35.6 Å². The van der Waals surface area contributed by atoms with E-state index in [0.29, 0.717) is 19.8 Å². The molecule has 0 unspecified atom stereocenters. The minimum atomic E-state index is 0. The Labute approximate surface area is 217 Å². The Morgan fingerprint density at radius 1 is 1.12 bits per heavy atom. The predicted octanol–water partition coefficient (Wildman–Crippen LogP) is 3.48. The molecule has 2 aliphatic heterocycles. The van der Waals surface area contributed by atoms with Crippen LogP contribution in [0.5, 0.6) is 11.5 Å². The highest BCUT2D eigenvalue weighted by molar-refractivity contribution is 14.0. The average Bonchev–Trinajstić information content (AvgIpc) is 3.50. The highest BCUT2D eigenvalue weighted by atomic mass is 127. The van der Waals surface area contributed by atoms with Crippen LogP contribution in [0.1, 0.15) is 23.9 Å². The molecule has 180 valence electrons. The van der Waals surface area contributed by atoms with Gasteiger partial charge in [-0.2, -0.15) is 0 Å². The average molecular weight is 574 g/mol. The second-order valence-electron chi connectivity index (χ2n) is 8.18. The summed E-state index contributed by atoms with van der Waals surface area (Å²) in [6, 6.07) is 14.7. The van der Waals surface area contributed by atoms with Crippen molar-refractivity contribution in [3.63, 3.8) is 0 Å². The van der Waals surface area contributed by atoms with E-state index in [2.05, 4.69) is 68.3 Å². The Balaban J connectivity index is 0.00000274. The standard InChI is InChI=1S/C25H30N6O2.HI/c1-2-24-29-28-18-30(24)14-12-27-25(31-13-10-20-5-3-4-6-21(20)31)26-11-9-19-7-8-22-23(17-19)33-16-15-32-22;/h3-8,17-18H,2,9-16H2,1H3,(H,26,27);1H. The molecule has 1 aromatic heterocycles. The van der Waals surface area contributed by atoms with Crippen molar-refractivity contribution in [1.82, 2.24) is 20.1 Å². The van der Waals surface area contributed by atoms with Gasteiger partial charge < -0.3 is 24.3 Å². The van der Waals surface area contributed by atoms with Crippen LogP contribution in [0.2, 0.25) is 0 Å². The Kier molecular flexibility index (Phi) is 8.25. The summed E-state index contributed by atoms with van der Waals surface area (Å²) in [7, 11) is 0. The van der Waals surface area contributed by atoms with Crippen LogP contribution in [0.25, 0.3) is 0 Å². The lowest BCUT2D eigenvalue weighted by Crippen LogP contribution is -2.42. The van der Waals surface area contributed by atoms with Crippen molar-refractivity contribution in [2.24, 2.45) is 4.99 Å². The Morgan fingerprint density at radius 3 is 2.85 bits per heavy atom. The van der Waals surface area contributed by atoms with E-state index in [-0.39, 0.29) is 24.0 Å². The first-order valence-electron chi connectivity index (χ1n) is 11.7. The largest absolute Gasteiger partial charge is 0.486 e. The number of fused-ring (bicyclic) bond motifs is 2. The molecule has 0 aliphatic carbocycles. The maximum Gasteiger partial charge on any atom is 0.198 e. The lowest BCUT2D eigenvalue weighted by atomic mass is 10.1. The highest BCUT2D eigenvalue weighted by Gasteiger charge is 2.22. The first-order valence-corrected chi connectivity index (χ1v) is 11.7. The maximum atomic E-state index is 5.73. The van der Waals surface area contributed by atoms with Crippen molar-refractivity contribution in [3.8, 4) is 11.5 Å². The summed E-state index contributed by atoms with van der Waals surface area (Å²) in [6.07, 6.45) is 4.54. The first-order chi connectivity index (χ1) is 16.3. The smallest absolute Gasteiger partial charge is 0.198 e. The third kappa shape index (κ3) is 5.45. The van der Waals surface area contributed by atoms with Crippen molar-refractivity contribution in [3.05, 3.63) is 65.7 Å². The van der Waals surface area contributed by atoms with Gasteiger partial charge in [0.05, 0.1) is 0 Å². The first kappa shape index (κ1) is 24.3. The Morgan fingerprint density at radius 2 is 1.97 bits per heavy atom. The van der Waals surface area contributed by atoms with E-state index in [9.17, 15) is 0 Å². The van der Waals surface area contributed by atoms with E-state index in [4.69, 9.17) is 14.5 Å².